The first kappa shape index (κ1) is 34.0. The summed E-state index contributed by atoms with van der Waals surface area (Å²) in [5.41, 5.74) is 6.93. The molecule has 8 heteroatoms. The number of rotatable bonds is 7. The van der Waals surface area contributed by atoms with Crippen molar-refractivity contribution in [1.29, 1.82) is 0 Å². The van der Waals surface area contributed by atoms with E-state index >= 15 is 0 Å². The number of piperidine rings is 1. The molecule has 1 aliphatic heterocycles. The van der Waals surface area contributed by atoms with Crippen molar-refractivity contribution in [2.24, 2.45) is 5.41 Å². The van der Waals surface area contributed by atoms with Crippen LogP contribution >= 0.6 is 11.6 Å². The maximum absolute atomic E-state index is 8.52. The van der Waals surface area contributed by atoms with Crippen LogP contribution < -0.4 is 9.64 Å². The lowest BCUT2D eigenvalue weighted by molar-refractivity contribution is -0.122. The predicted octanol–water partition coefficient (Wildman–Crippen LogP) is 7.39. The fourth-order valence-electron chi connectivity index (χ4n) is 4.50. The minimum atomic E-state index is -0.500. The number of aliphatic hydroxyl groups is 1. The summed E-state index contributed by atoms with van der Waals surface area (Å²) in [6, 6.07) is 12.0. The Morgan fingerprint density at radius 3 is 2.15 bits per heavy atom. The van der Waals surface area contributed by atoms with E-state index in [0.717, 1.165) is 53.7 Å². The van der Waals surface area contributed by atoms with Crippen LogP contribution in [0.4, 0.5) is 5.69 Å². The van der Waals surface area contributed by atoms with Crippen molar-refractivity contribution < 1.29 is 19.7 Å². The standard InChI is InChI=1S/C28H34ClN3O.C4H10O.CH2O2/c1-5-24-20(2)30-19-25(27(24)32-15-13-28(3,4)14-16-32)26-11-10-23(18-31-26)33-17-12-21-6-8-22(29)9-7-21;1-4(2,3)5;2-1-3/h6-11,18-19H,5,12-17H2,1-4H3;5H,1-3H3;1H,(H,2,3). The molecule has 0 atom stereocenters. The van der Waals surface area contributed by atoms with Crippen LogP contribution in [0.3, 0.4) is 0 Å². The van der Waals surface area contributed by atoms with Gasteiger partial charge in [0.15, 0.2) is 0 Å². The van der Waals surface area contributed by atoms with Gasteiger partial charge in [-0.25, -0.2) is 0 Å². The lowest BCUT2D eigenvalue weighted by atomic mass is 9.82. The molecule has 1 saturated heterocycles. The third-order valence-corrected chi connectivity index (χ3v) is 6.99. The molecule has 0 saturated carbocycles. The SMILES string of the molecule is CC(C)(C)O.CCc1c(C)ncc(-c2ccc(OCCc3ccc(Cl)cc3)cn2)c1N1CCC(C)(C)CC1.O=CO. The number of pyridine rings is 2. The molecule has 3 aromatic rings. The molecule has 1 aliphatic rings. The van der Waals surface area contributed by atoms with Crippen molar-refractivity contribution in [3.63, 3.8) is 0 Å². The highest BCUT2D eigenvalue weighted by atomic mass is 35.5. The number of anilines is 1. The van der Waals surface area contributed by atoms with E-state index in [0.29, 0.717) is 12.0 Å². The Morgan fingerprint density at radius 2 is 1.63 bits per heavy atom. The summed E-state index contributed by atoms with van der Waals surface area (Å²) < 4.78 is 5.94. The first-order chi connectivity index (χ1) is 19.3. The van der Waals surface area contributed by atoms with E-state index in [4.69, 9.17) is 41.3 Å². The Hall–Kier alpha value is -3.16. The van der Waals surface area contributed by atoms with Crippen LogP contribution in [-0.4, -0.2) is 52.0 Å². The largest absolute Gasteiger partial charge is 0.492 e. The molecular formula is C33H46ClN3O4. The lowest BCUT2D eigenvalue weighted by Gasteiger charge is -2.40. The van der Waals surface area contributed by atoms with E-state index in [1.54, 1.807) is 20.8 Å². The summed E-state index contributed by atoms with van der Waals surface area (Å²) in [6.45, 7) is 16.8. The van der Waals surface area contributed by atoms with E-state index in [2.05, 4.69) is 38.7 Å². The average Bonchev–Trinajstić information content (AvgIpc) is 2.90. The number of aromatic nitrogens is 2. The topological polar surface area (TPSA) is 95.8 Å². The first-order valence-corrected chi connectivity index (χ1v) is 14.5. The average molecular weight is 584 g/mol. The zero-order chi connectivity index (χ0) is 30.6. The molecule has 0 spiro atoms. The Labute approximate surface area is 250 Å². The van der Waals surface area contributed by atoms with Crippen molar-refractivity contribution in [3.05, 3.63) is 70.6 Å². The van der Waals surface area contributed by atoms with E-state index in [1.165, 1.54) is 29.7 Å². The Balaban J connectivity index is 0.000000653. The van der Waals surface area contributed by atoms with Gasteiger partial charge in [0.2, 0.25) is 0 Å². The Bertz CT molecular complexity index is 1210. The molecule has 3 heterocycles. The fourth-order valence-corrected chi connectivity index (χ4v) is 4.63. The Kier molecular flexibility index (Phi) is 13.1. The first-order valence-electron chi connectivity index (χ1n) is 14.1. The molecule has 2 N–H and O–H groups in total. The van der Waals surface area contributed by atoms with Crippen molar-refractivity contribution in [2.45, 2.75) is 79.8 Å². The number of halogens is 1. The molecule has 0 amide bonds. The number of carboxylic acid groups (broad SMARTS) is 1. The van der Waals surface area contributed by atoms with E-state index in [-0.39, 0.29) is 6.47 Å². The summed E-state index contributed by atoms with van der Waals surface area (Å²) in [5.74, 6) is 0.782. The smallest absolute Gasteiger partial charge is 0.290 e. The zero-order valence-electron chi connectivity index (χ0n) is 25.6. The summed E-state index contributed by atoms with van der Waals surface area (Å²) >= 11 is 5.96. The number of benzene rings is 1. The molecule has 0 unspecified atom stereocenters. The van der Waals surface area contributed by atoms with Gasteiger partial charge in [0, 0.05) is 42.0 Å². The van der Waals surface area contributed by atoms with Crippen molar-refractivity contribution in [3.8, 4) is 17.0 Å². The zero-order valence-corrected chi connectivity index (χ0v) is 26.3. The molecule has 1 fully saturated rings. The number of hydrogen-bond acceptors (Lipinski definition) is 6. The molecule has 224 valence electrons. The fraction of sp³-hybridized carbons (Fsp3) is 0.485. The summed E-state index contributed by atoms with van der Waals surface area (Å²) in [4.78, 5) is 20.4. The highest BCUT2D eigenvalue weighted by molar-refractivity contribution is 6.30. The van der Waals surface area contributed by atoms with Gasteiger partial charge in [0.1, 0.15) is 5.75 Å². The lowest BCUT2D eigenvalue weighted by Crippen LogP contribution is -2.38. The maximum atomic E-state index is 8.52. The molecule has 2 aromatic heterocycles. The van der Waals surface area contributed by atoms with Gasteiger partial charge in [-0.15, -0.1) is 0 Å². The molecule has 41 heavy (non-hydrogen) atoms. The quantitative estimate of drug-likeness (QED) is 0.280. The van der Waals surface area contributed by atoms with Crippen molar-refractivity contribution in [1.82, 2.24) is 9.97 Å². The summed E-state index contributed by atoms with van der Waals surface area (Å²) in [5, 5.41) is 16.2. The molecule has 7 nitrogen and oxygen atoms in total. The third-order valence-electron chi connectivity index (χ3n) is 6.74. The molecule has 0 bridgehead atoms. The van der Waals surface area contributed by atoms with E-state index in [1.807, 2.05) is 42.7 Å². The van der Waals surface area contributed by atoms with E-state index in [9.17, 15) is 0 Å². The van der Waals surface area contributed by atoms with Crippen LogP contribution in [0, 0.1) is 12.3 Å². The third kappa shape index (κ3) is 11.7. The summed E-state index contributed by atoms with van der Waals surface area (Å²) in [7, 11) is 0. The van der Waals surface area contributed by atoms with Gasteiger partial charge < -0.3 is 19.8 Å². The predicted molar refractivity (Wildman–Crippen MR) is 168 cm³/mol. The number of ether oxygens (including phenoxy) is 1. The minimum Gasteiger partial charge on any atom is -0.492 e. The van der Waals surface area contributed by atoms with Gasteiger partial charge in [0.05, 0.1) is 29.8 Å². The monoisotopic (exact) mass is 583 g/mol. The van der Waals surface area contributed by atoms with Crippen LogP contribution in [0.1, 0.15) is 71.2 Å². The second kappa shape index (κ2) is 15.7. The molecule has 0 radical (unpaired) electrons. The van der Waals surface area contributed by atoms with Crippen LogP contribution in [0.25, 0.3) is 11.3 Å². The van der Waals surface area contributed by atoms with Crippen LogP contribution in [0.5, 0.6) is 5.75 Å². The highest BCUT2D eigenvalue weighted by Gasteiger charge is 2.28. The van der Waals surface area contributed by atoms with E-state index < -0.39 is 5.60 Å². The van der Waals surface area contributed by atoms with Crippen LogP contribution in [0.15, 0.2) is 48.8 Å². The highest BCUT2D eigenvalue weighted by Crippen LogP contribution is 2.39. The number of hydrogen-bond donors (Lipinski definition) is 2. The Morgan fingerprint density at radius 1 is 1.05 bits per heavy atom. The van der Waals surface area contributed by atoms with Gasteiger partial charge in [-0.2, -0.15) is 0 Å². The van der Waals surface area contributed by atoms with Gasteiger partial charge in [-0.05, 0) is 87.8 Å². The molecule has 0 aliphatic carbocycles. The second-order valence-electron chi connectivity index (χ2n) is 12.0. The minimum absolute atomic E-state index is 0.250. The number of aryl methyl sites for hydroxylation is 1. The van der Waals surface area contributed by atoms with Gasteiger partial charge >= 0.3 is 0 Å². The van der Waals surface area contributed by atoms with Gasteiger partial charge in [0.25, 0.3) is 6.47 Å². The van der Waals surface area contributed by atoms with Crippen molar-refractivity contribution in [2.75, 3.05) is 24.6 Å². The maximum Gasteiger partial charge on any atom is 0.290 e. The molecular weight excluding hydrogens is 538 g/mol. The normalized spacial score (nSPS) is 14.2. The summed E-state index contributed by atoms with van der Waals surface area (Å²) in [6.07, 6.45) is 8.01. The molecule has 4 rings (SSSR count). The van der Waals surface area contributed by atoms with Gasteiger partial charge in [-0.3, -0.25) is 14.8 Å². The number of nitrogens with zero attached hydrogens (tertiary/aromatic N) is 3. The van der Waals surface area contributed by atoms with Crippen LogP contribution in [0.2, 0.25) is 5.02 Å². The van der Waals surface area contributed by atoms with Crippen LogP contribution in [-0.2, 0) is 17.6 Å². The second-order valence-corrected chi connectivity index (χ2v) is 12.4. The molecule has 1 aromatic carbocycles. The van der Waals surface area contributed by atoms with Crippen molar-refractivity contribution >= 4 is 23.8 Å². The van der Waals surface area contributed by atoms with Gasteiger partial charge in [-0.1, -0.05) is 44.5 Å². The number of carbonyl (C=O) groups is 1.